The van der Waals surface area contributed by atoms with Crippen LogP contribution in [0.3, 0.4) is 0 Å². The number of oxazole rings is 1. The van der Waals surface area contributed by atoms with Gasteiger partial charge in [-0.25, -0.2) is 4.79 Å². The minimum atomic E-state index is -1.07. The van der Waals surface area contributed by atoms with Crippen molar-refractivity contribution in [3.05, 3.63) is 12.0 Å². The van der Waals surface area contributed by atoms with Crippen molar-refractivity contribution in [3.8, 4) is 0 Å². The number of carbonyl (C=O) groups is 1. The summed E-state index contributed by atoms with van der Waals surface area (Å²) in [7, 11) is 0. The molecule has 1 aromatic rings. The van der Waals surface area contributed by atoms with Gasteiger partial charge in [0.1, 0.15) is 6.26 Å². The highest BCUT2D eigenvalue weighted by atomic mass is 32.2. The fourth-order valence-electron chi connectivity index (χ4n) is 1.37. The zero-order valence-electron chi connectivity index (χ0n) is 9.94. The summed E-state index contributed by atoms with van der Waals surface area (Å²) in [6, 6.07) is 0.284. The Morgan fingerprint density at radius 2 is 2.24 bits per heavy atom. The predicted octanol–water partition coefficient (Wildman–Crippen LogP) is 2.71. The Kier molecular flexibility index (Phi) is 6.54. The normalized spacial score (nSPS) is 10.4. The molecule has 96 valence electrons. The summed E-state index contributed by atoms with van der Waals surface area (Å²) in [5.74, 6) is 0.147. The van der Waals surface area contributed by atoms with Crippen LogP contribution in [0.5, 0.6) is 0 Å². The van der Waals surface area contributed by atoms with Crippen molar-refractivity contribution in [2.75, 3.05) is 23.9 Å². The molecular weight excluding hydrogens is 240 g/mol. The molecule has 0 aliphatic heterocycles. The van der Waals surface area contributed by atoms with Crippen molar-refractivity contribution in [2.45, 2.75) is 25.7 Å². The van der Waals surface area contributed by atoms with Gasteiger partial charge in [-0.05, 0) is 24.9 Å². The van der Waals surface area contributed by atoms with Gasteiger partial charge in [-0.3, -0.25) is 0 Å². The number of hydrogen-bond acceptors (Lipinski definition) is 5. The van der Waals surface area contributed by atoms with Crippen molar-refractivity contribution < 1.29 is 14.3 Å². The van der Waals surface area contributed by atoms with Gasteiger partial charge in [0, 0.05) is 6.54 Å². The van der Waals surface area contributed by atoms with E-state index in [0.717, 1.165) is 19.2 Å². The van der Waals surface area contributed by atoms with E-state index in [1.807, 2.05) is 11.8 Å². The molecule has 0 bridgehead atoms. The van der Waals surface area contributed by atoms with Gasteiger partial charge in [0.2, 0.25) is 0 Å². The zero-order chi connectivity index (χ0) is 12.5. The molecule has 0 atom stereocenters. The minimum Gasteiger partial charge on any atom is -0.476 e. The molecule has 0 amide bonds. The number of rotatable bonds is 9. The van der Waals surface area contributed by atoms with E-state index in [1.165, 1.54) is 25.0 Å². The Labute approximate surface area is 105 Å². The Morgan fingerprint density at radius 1 is 1.47 bits per heavy atom. The minimum absolute atomic E-state index is 0.0625. The number of hydrogen-bond donors (Lipinski definition) is 2. The fourth-order valence-corrected chi connectivity index (χ4v) is 1.87. The molecule has 5 nitrogen and oxygen atoms in total. The third-order valence-corrected chi connectivity index (χ3v) is 2.97. The Bertz CT molecular complexity index is 341. The molecule has 0 aliphatic rings. The molecule has 0 aliphatic carbocycles. The number of nitrogens with zero attached hydrogens (tertiary/aromatic N) is 1. The summed E-state index contributed by atoms with van der Waals surface area (Å²) in [4.78, 5) is 14.3. The SMILES string of the molecule is CSCCCCCCNc1nc(C(=O)O)co1. The van der Waals surface area contributed by atoms with Crippen LogP contribution in [0.25, 0.3) is 0 Å². The van der Waals surface area contributed by atoms with Crippen molar-refractivity contribution in [2.24, 2.45) is 0 Å². The number of unbranched alkanes of at least 4 members (excludes halogenated alkanes) is 3. The van der Waals surface area contributed by atoms with Gasteiger partial charge in [-0.1, -0.05) is 12.8 Å². The lowest BCUT2D eigenvalue weighted by Crippen LogP contribution is -2.03. The van der Waals surface area contributed by atoms with Crippen molar-refractivity contribution in [1.82, 2.24) is 4.98 Å². The van der Waals surface area contributed by atoms with Gasteiger partial charge < -0.3 is 14.8 Å². The van der Waals surface area contributed by atoms with Crippen molar-refractivity contribution in [1.29, 1.82) is 0 Å². The molecule has 0 radical (unpaired) electrons. The first-order valence-corrected chi connectivity index (χ1v) is 7.05. The fraction of sp³-hybridized carbons (Fsp3) is 0.636. The van der Waals surface area contributed by atoms with Crippen LogP contribution in [0, 0.1) is 0 Å². The maximum atomic E-state index is 10.5. The summed E-state index contributed by atoms with van der Waals surface area (Å²) in [6.07, 6.45) is 7.95. The van der Waals surface area contributed by atoms with Crippen LogP contribution < -0.4 is 5.32 Å². The van der Waals surface area contributed by atoms with Gasteiger partial charge in [0.15, 0.2) is 5.69 Å². The summed E-state index contributed by atoms with van der Waals surface area (Å²) < 4.78 is 4.96. The summed E-state index contributed by atoms with van der Waals surface area (Å²) in [6.45, 7) is 0.763. The molecule has 6 heteroatoms. The quantitative estimate of drug-likeness (QED) is 0.663. The molecule has 0 saturated carbocycles. The standard InChI is InChI=1S/C11H18N2O3S/c1-17-7-5-3-2-4-6-12-11-13-9(8-16-11)10(14)15/h8H,2-7H2,1H3,(H,12,13)(H,14,15). The van der Waals surface area contributed by atoms with E-state index < -0.39 is 5.97 Å². The second kappa shape index (κ2) is 8.00. The molecule has 0 saturated heterocycles. The van der Waals surface area contributed by atoms with Gasteiger partial charge in [0.25, 0.3) is 6.01 Å². The summed E-state index contributed by atoms with van der Waals surface area (Å²) >= 11 is 1.87. The van der Waals surface area contributed by atoms with Gasteiger partial charge >= 0.3 is 5.97 Å². The lowest BCUT2D eigenvalue weighted by atomic mass is 10.2. The molecule has 1 rings (SSSR count). The third-order valence-electron chi connectivity index (χ3n) is 2.27. The van der Waals surface area contributed by atoms with Gasteiger partial charge in [-0.15, -0.1) is 0 Å². The smallest absolute Gasteiger partial charge is 0.357 e. The molecule has 0 aromatic carbocycles. The van der Waals surface area contributed by atoms with Crippen LogP contribution in [0.4, 0.5) is 6.01 Å². The maximum Gasteiger partial charge on any atom is 0.357 e. The highest BCUT2D eigenvalue weighted by Gasteiger charge is 2.09. The van der Waals surface area contributed by atoms with E-state index in [0.29, 0.717) is 0 Å². The molecule has 1 heterocycles. The summed E-state index contributed by atoms with van der Waals surface area (Å²) in [5.41, 5.74) is -0.0625. The molecule has 0 unspecified atom stereocenters. The van der Waals surface area contributed by atoms with E-state index in [2.05, 4.69) is 16.6 Å². The van der Waals surface area contributed by atoms with Crippen LogP contribution in [0.15, 0.2) is 10.7 Å². The van der Waals surface area contributed by atoms with E-state index in [4.69, 9.17) is 9.52 Å². The average Bonchev–Trinajstić information content (AvgIpc) is 2.77. The van der Waals surface area contributed by atoms with Crippen LogP contribution in [-0.2, 0) is 0 Å². The number of carboxylic acids is 1. The largest absolute Gasteiger partial charge is 0.476 e. The lowest BCUT2D eigenvalue weighted by molar-refractivity contribution is 0.0690. The Balaban J connectivity index is 2.07. The monoisotopic (exact) mass is 258 g/mol. The first kappa shape index (κ1) is 13.9. The molecule has 0 spiro atoms. The van der Waals surface area contributed by atoms with Gasteiger partial charge in [0.05, 0.1) is 0 Å². The number of thioether (sulfide) groups is 1. The van der Waals surface area contributed by atoms with Crippen LogP contribution in [0.1, 0.15) is 36.2 Å². The number of aromatic carboxylic acids is 1. The predicted molar refractivity (Wildman–Crippen MR) is 68.8 cm³/mol. The Hall–Kier alpha value is -1.17. The van der Waals surface area contributed by atoms with E-state index in [1.54, 1.807) is 0 Å². The molecular formula is C11H18N2O3S. The Morgan fingerprint density at radius 3 is 2.88 bits per heavy atom. The molecule has 0 fully saturated rings. The number of aromatic nitrogens is 1. The van der Waals surface area contributed by atoms with Crippen LogP contribution in [-0.4, -0.2) is 34.6 Å². The van der Waals surface area contributed by atoms with Crippen molar-refractivity contribution in [3.63, 3.8) is 0 Å². The number of nitrogens with one attached hydrogen (secondary N) is 1. The van der Waals surface area contributed by atoms with E-state index >= 15 is 0 Å². The second-order valence-corrected chi connectivity index (χ2v) is 4.66. The van der Waals surface area contributed by atoms with Gasteiger partial charge in [-0.2, -0.15) is 16.7 Å². The molecule has 2 N–H and O–H groups in total. The number of carboxylic acid groups (broad SMARTS) is 1. The highest BCUT2D eigenvalue weighted by Crippen LogP contribution is 2.08. The molecule has 17 heavy (non-hydrogen) atoms. The van der Waals surface area contributed by atoms with E-state index in [9.17, 15) is 4.79 Å². The third kappa shape index (κ3) is 5.63. The second-order valence-electron chi connectivity index (χ2n) is 3.68. The first-order valence-electron chi connectivity index (χ1n) is 5.65. The average molecular weight is 258 g/mol. The highest BCUT2D eigenvalue weighted by molar-refractivity contribution is 7.98. The first-order chi connectivity index (χ1) is 8.24. The number of anilines is 1. The molecule has 1 aromatic heterocycles. The van der Waals surface area contributed by atoms with Crippen LogP contribution >= 0.6 is 11.8 Å². The maximum absolute atomic E-state index is 10.5. The summed E-state index contributed by atoms with van der Waals surface area (Å²) in [5, 5.41) is 11.6. The van der Waals surface area contributed by atoms with Crippen molar-refractivity contribution >= 4 is 23.7 Å². The van der Waals surface area contributed by atoms with Crippen LogP contribution in [0.2, 0.25) is 0 Å². The topological polar surface area (TPSA) is 75.4 Å². The zero-order valence-corrected chi connectivity index (χ0v) is 10.8. The lowest BCUT2D eigenvalue weighted by Gasteiger charge is -2.01. The van der Waals surface area contributed by atoms with E-state index in [-0.39, 0.29) is 11.7 Å².